The first-order valence-corrected chi connectivity index (χ1v) is 7.55. The number of benzene rings is 1. The summed E-state index contributed by atoms with van der Waals surface area (Å²) >= 11 is 6.27. The molecule has 0 saturated carbocycles. The molecule has 2 aromatic rings. The van der Waals surface area contributed by atoms with Gasteiger partial charge >= 0.3 is 0 Å². The maximum absolute atomic E-state index is 6.27. The van der Waals surface area contributed by atoms with Crippen molar-refractivity contribution in [2.24, 2.45) is 7.05 Å². The predicted molar refractivity (Wildman–Crippen MR) is 85.8 cm³/mol. The zero-order valence-corrected chi connectivity index (χ0v) is 13.5. The van der Waals surface area contributed by atoms with Crippen LogP contribution >= 0.6 is 11.6 Å². The second-order valence-electron chi connectivity index (χ2n) is 5.34. The minimum Gasteiger partial charge on any atom is -0.492 e. The van der Waals surface area contributed by atoms with Gasteiger partial charge in [-0.05, 0) is 23.8 Å². The van der Waals surface area contributed by atoms with Crippen LogP contribution in [0.15, 0.2) is 30.5 Å². The predicted octanol–water partition coefficient (Wildman–Crippen LogP) is 3.19. The van der Waals surface area contributed by atoms with Gasteiger partial charge in [-0.3, -0.25) is 4.68 Å². The largest absolute Gasteiger partial charge is 0.492 e. The van der Waals surface area contributed by atoms with Gasteiger partial charge in [0.1, 0.15) is 5.75 Å². The molecular weight excluding hydrogens is 286 g/mol. The Labute approximate surface area is 131 Å². The molecule has 5 heteroatoms. The van der Waals surface area contributed by atoms with Gasteiger partial charge in [0.05, 0.1) is 11.6 Å². The van der Waals surface area contributed by atoms with E-state index >= 15 is 0 Å². The molecule has 1 heterocycles. The average Bonchev–Trinajstić information content (AvgIpc) is 2.84. The second kappa shape index (κ2) is 7.48. The number of nitrogens with zero attached hydrogens (tertiary/aromatic N) is 2. The lowest BCUT2D eigenvalue weighted by atomic mass is 10.2. The zero-order valence-electron chi connectivity index (χ0n) is 12.8. The van der Waals surface area contributed by atoms with Gasteiger partial charge in [0.2, 0.25) is 0 Å². The molecule has 0 saturated heterocycles. The molecule has 114 valence electrons. The molecule has 0 unspecified atom stereocenters. The summed E-state index contributed by atoms with van der Waals surface area (Å²) in [4.78, 5) is 0. The van der Waals surface area contributed by atoms with Crippen molar-refractivity contribution in [3.8, 4) is 5.75 Å². The summed E-state index contributed by atoms with van der Waals surface area (Å²) in [5.41, 5.74) is 2.30. The Morgan fingerprint density at radius 2 is 2.14 bits per heavy atom. The van der Waals surface area contributed by atoms with Gasteiger partial charge in [-0.2, -0.15) is 5.10 Å². The molecule has 1 aromatic carbocycles. The van der Waals surface area contributed by atoms with E-state index < -0.39 is 0 Å². The monoisotopic (exact) mass is 307 g/mol. The lowest BCUT2D eigenvalue weighted by Crippen LogP contribution is -2.21. The van der Waals surface area contributed by atoms with E-state index in [1.165, 1.54) is 0 Å². The summed E-state index contributed by atoms with van der Waals surface area (Å²) in [5, 5.41) is 8.16. The van der Waals surface area contributed by atoms with Crippen LogP contribution in [0.1, 0.15) is 25.1 Å². The molecule has 4 nitrogen and oxygen atoms in total. The first-order valence-electron chi connectivity index (χ1n) is 7.17. The quantitative estimate of drug-likeness (QED) is 0.854. The highest BCUT2D eigenvalue weighted by Crippen LogP contribution is 2.25. The summed E-state index contributed by atoms with van der Waals surface area (Å²) in [6, 6.07) is 8.38. The SMILES string of the molecule is CC(C)NCc1ccc(OCCc2ccnn2C)c(Cl)c1. The first kappa shape index (κ1) is 15.9. The molecule has 0 spiro atoms. The first-order chi connectivity index (χ1) is 10.1. The van der Waals surface area contributed by atoms with Crippen LogP contribution in [0.3, 0.4) is 0 Å². The van der Waals surface area contributed by atoms with Crippen LogP contribution in [0.4, 0.5) is 0 Å². The number of hydrogen-bond acceptors (Lipinski definition) is 3. The second-order valence-corrected chi connectivity index (χ2v) is 5.75. The minimum absolute atomic E-state index is 0.457. The van der Waals surface area contributed by atoms with Crippen molar-refractivity contribution in [1.82, 2.24) is 15.1 Å². The van der Waals surface area contributed by atoms with Crippen LogP contribution in [0.2, 0.25) is 5.02 Å². The highest BCUT2D eigenvalue weighted by Gasteiger charge is 2.05. The smallest absolute Gasteiger partial charge is 0.137 e. The molecule has 1 N–H and O–H groups in total. The summed E-state index contributed by atoms with van der Waals surface area (Å²) in [7, 11) is 1.93. The van der Waals surface area contributed by atoms with Crippen molar-refractivity contribution in [1.29, 1.82) is 0 Å². The fraction of sp³-hybridized carbons (Fsp3) is 0.438. The van der Waals surface area contributed by atoms with Gasteiger partial charge in [-0.15, -0.1) is 0 Å². The molecule has 0 fully saturated rings. The molecule has 21 heavy (non-hydrogen) atoms. The van der Waals surface area contributed by atoms with Crippen molar-refractivity contribution in [2.75, 3.05) is 6.61 Å². The lowest BCUT2D eigenvalue weighted by molar-refractivity contribution is 0.318. The number of aryl methyl sites for hydroxylation is 1. The van der Waals surface area contributed by atoms with E-state index in [0.29, 0.717) is 17.7 Å². The number of hydrogen-bond donors (Lipinski definition) is 1. The van der Waals surface area contributed by atoms with Crippen LogP contribution in [0.5, 0.6) is 5.75 Å². The molecule has 2 rings (SSSR count). The average molecular weight is 308 g/mol. The maximum Gasteiger partial charge on any atom is 0.137 e. The van der Waals surface area contributed by atoms with E-state index in [9.17, 15) is 0 Å². The Balaban J connectivity index is 1.87. The normalized spacial score (nSPS) is 11.1. The summed E-state index contributed by atoms with van der Waals surface area (Å²) in [6.45, 7) is 5.64. The van der Waals surface area contributed by atoms with Gasteiger partial charge in [0, 0.05) is 37.9 Å². The van der Waals surface area contributed by atoms with Gasteiger partial charge in [-0.1, -0.05) is 31.5 Å². The number of nitrogens with one attached hydrogen (secondary N) is 1. The van der Waals surface area contributed by atoms with E-state index in [4.69, 9.17) is 16.3 Å². The van der Waals surface area contributed by atoms with E-state index in [2.05, 4.69) is 24.3 Å². The van der Waals surface area contributed by atoms with E-state index in [-0.39, 0.29) is 0 Å². The van der Waals surface area contributed by atoms with Crippen LogP contribution < -0.4 is 10.1 Å². The van der Waals surface area contributed by atoms with Crippen molar-refractivity contribution >= 4 is 11.6 Å². The third kappa shape index (κ3) is 4.76. The van der Waals surface area contributed by atoms with Gasteiger partial charge in [0.15, 0.2) is 0 Å². The van der Waals surface area contributed by atoms with Gasteiger partial charge < -0.3 is 10.1 Å². The highest BCUT2D eigenvalue weighted by molar-refractivity contribution is 6.32. The van der Waals surface area contributed by atoms with Crippen LogP contribution in [-0.4, -0.2) is 22.4 Å². The summed E-state index contributed by atoms with van der Waals surface area (Å²) in [6.07, 6.45) is 2.60. The van der Waals surface area contributed by atoms with Crippen LogP contribution in [0.25, 0.3) is 0 Å². The van der Waals surface area contributed by atoms with Crippen molar-refractivity contribution in [3.63, 3.8) is 0 Å². The van der Waals surface area contributed by atoms with Crippen LogP contribution in [-0.2, 0) is 20.0 Å². The Kier molecular flexibility index (Phi) is 5.65. The van der Waals surface area contributed by atoms with Crippen molar-refractivity contribution in [2.45, 2.75) is 32.9 Å². The molecule has 0 amide bonds. The number of aromatic nitrogens is 2. The van der Waals surface area contributed by atoms with E-state index in [1.807, 2.05) is 36.0 Å². The lowest BCUT2D eigenvalue weighted by Gasteiger charge is -2.11. The number of halogens is 1. The zero-order chi connectivity index (χ0) is 15.2. The molecular formula is C16H22ClN3O. The minimum atomic E-state index is 0.457. The molecule has 0 aliphatic heterocycles. The summed E-state index contributed by atoms with van der Waals surface area (Å²) < 4.78 is 7.61. The highest BCUT2D eigenvalue weighted by atomic mass is 35.5. The topological polar surface area (TPSA) is 39.1 Å². The van der Waals surface area contributed by atoms with Gasteiger partial charge in [0.25, 0.3) is 0 Å². The van der Waals surface area contributed by atoms with Gasteiger partial charge in [-0.25, -0.2) is 0 Å². The molecule has 0 bridgehead atoms. The van der Waals surface area contributed by atoms with Crippen LogP contribution in [0, 0.1) is 0 Å². The molecule has 0 aliphatic carbocycles. The summed E-state index contributed by atoms with van der Waals surface area (Å²) in [5.74, 6) is 0.729. The van der Waals surface area contributed by atoms with Crippen molar-refractivity contribution in [3.05, 3.63) is 46.7 Å². The third-order valence-electron chi connectivity index (χ3n) is 3.25. The molecule has 0 radical (unpaired) electrons. The Morgan fingerprint density at radius 1 is 1.33 bits per heavy atom. The van der Waals surface area contributed by atoms with E-state index in [0.717, 1.165) is 30.0 Å². The fourth-order valence-electron chi connectivity index (χ4n) is 2.01. The number of ether oxygens (including phenoxy) is 1. The Morgan fingerprint density at radius 3 is 2.76 bits per heavy atom. The van der Waals surface area contributed by atoms with E-state index in [1.54, 1.807) is 6.20 Å². The molecule has 0 aliphatic rings. The van der Waals surface area contributed by atoms with Crippen molar-refractivity contribution < 1.29 is 4.74 Å². The third-order valence-corrected chi connectivity index (χ3v) is 3.54. The standard InChI is InChI=1S/C16H22ClN3O/c1-12(2)18-11-13-4-5-16(15(17)10-13)21-9-7-14-6-8-19-20(14)3/h4-6,8,10,12,18H,7,9,11H2,1-3H3. The Hall–Kier alpha value is -1.52. The molecule has 0 atom stereocenters. The number of rotatable bonds is 7. The molecule has 1 aromatic heterocycles. The Bertz CT molecular complexity index is 581. The maximum atomic E-state index is 6.27. The fourth-order valence-corrected chi connectivity index (χ4v) is 2.26.